The molecular weight excluding hydrogens is 286 g/mol. The van der Waals surface area contributed by atoms with Crippen LogP contribution in [0.2, 0.25) is 0 Å². The lowest BCUT2D eigenvalue weighted by atomic mass is 10.1. The molecule has 1 aromatic heterocycles. The molecule has 0 aliphatic rings. The van der Waals surface area contributed by atoms with E-state index in [1.54, 1.807) is 11.7 Å². The first-order valence-electron chi connectivity index (χ1n) is 6.66. The second-order valence-electron chi connectivity index (χ2n) is 5.11. The van der Waals surface area contributed by atoms with Crippen LogP contribution in [0.25, 0.3) is 0 Å². The highest BCUT2D eigenvalue weighted by Crippen LogP contribution is 2.25. The second-order valence-corrected chi connectivity index (χ2v) is 6.42. The standard InChI is InChI=1S/C14H19N5OS/c1-8-6-9(2)12(10(3)7-8)15-13(20)11(4)21-14-16-17-18-19(14)5/h6-7,11H,1-5H3,(H,15,20). The fourth-order valence-electron chi connectivity index (χ4n) is 2.13. The number of aromatic nitrogens is 4. The molecule has 1 amide bonds. The zero-order valence-electron chi connectivity index (χ0n) is 12.8. The van der Waals surface area contributed by atoms with Gasteiger partial charge in [0, 0.05) is 12.7 Å². The smallest absolute Gasteiger partial charge is 0.237 e. The van der Waals surface area contributed by atoms with Crippen LogP contribution in [0.3, 0.4) is 0 Å². The number of nitrogens with one attached hydrogen (secondary N) is 1. The number of nitrogens with zero attached hydrogens (tertiary/aromatic N) is 4. The molecule has 21 heavy (non-hydrogen) atoms. The third-order valence-electron chi connectivity index (χ3n) is 3.16. The summed E-state index contributed by atoms with van der Waals surface area (Å²) in [5.41, 5.74) is 4.21. The number of rotatable bonds is 4. The van der Waals surface area contributed by atoms with Gasteiger partial charge in [0.15, 0.2) is 0 Å². The van der Waals surface area contributed by atoms with Crippen LogP contribution in [-0.2, 0) is 11.8 Å². The molecule has 7 heteroatoms. The molecule has 0 bridgehead atoms. The number of carbonyl (C=O) groups excluding carboxylic acids is 1. The predicted octanol–water partition coefficient (Wildman–Crippen LogP) is 2.25. The van der Waals surface area contributed by atoms with Gasteiger partial charge < -0.3 is 5.32 Å². The van der Waals surface area contributed by atoms with Gasteiger partial charge in [-0.2, -0.15) is 0 Å². The molecule has 2 aromatic rings. The van der Waals surface area contributed by atoms with Crippen LogP contribution >= 0.6 is 11.8 Å². The highest BCUT2D eigenvalue weighted by atomic mass is 32.2. The zero-order valence-corrected chi connectivity index (χ0v) is 13.7. The van der Waals surface area contributed by atoms with Crippen molar-refractivity contribution < 1.29 is 4.79 Å². The molecule has 0 saturated heterocycles. The van der Waals surface area contributed by atoms with E-state index in [1.165, 1.54) is 17.3 Å². The molecule has 0 spiro atoms. The lowest BCUT2D eigenvalue weighted by molar-refractivity contribution is -0.115. The van der Waals surface area contributed by atoms with Gasteiger partial charge >= 0.3 is 0 Å². The summed E-state index contributed by atoms with van der Waals surface area (Å²) in [6, 6.07) is 4.13. The number of hydrogen-bond acceptors (Lipinski definition) is 5. The van der Waals surface area contributed by atoms with Gasteiger partial charge in [0.25, 0.3) is 0 Å². The maximum absolute atomic E-state index is 12.3. The van der Waals surface area contributed by atoms with Crippen molar-refractivity contribution in [2.24, 2.45) is 7.05 Å². The summed E-state index contributed by atoms with van der Waals surface area (Å²) >= 11 is 1.33. The molecule has 1 atom stereocenters. The number of anilines is 1. The van der Waals surface area contributed by atoms with Gasteiger partial charge in [-0.15, -0.1) is 5.10 Å². The first-order valence-corrected chi connectivity index (χ1v) is 7.54. The SMILES string of the molecule is Cc1cc(C)c(NC(=O)C(C)Sc2nnnn2C)c(C)c1. The number of benzene rings is 1. The van der Waals surface area contributed by atoms with E-state index in [2.05, 4.69) is 33.0 Å². The predicted molar refractivity (Wildman–Crippen MR) is 83.4 cm³/mol. The summed E-state index contributed by atoms with van der Waals surface area (Å²) in [6.07, 6.45) is 0. The van der Waals surface area contributed by atoms with Crippen LogP contribution < -0.4 is 5.32 Å². The van der Waals surface area contributed by atoms with Gasteiger partial charge in [-0.05, 0) is 49.2 Å². The van der Waals surface area contributed by atoms with Gasteiger partial charge in [0.1, 0.15) is 0 Å². The average molecular weight is 305 g/mol. The van der Waals surface area contributed by atoms with Crippen LogP contribution in [0, 0.1) is 20.8 Å². The number of thioether (sulfide) groups is 1. The molecule has 1 aromatic carbocycles. The van der Waals surface area contributed by atoms with Gasteiger partial charge in [0.05, 0.1) is 5.25 Å². The summed E-state index contributed by atoms with van der Waals surface area (Å²) in [7, 11) is 1.75. The normalized spacial score (nSPS) is 12.2. The highest BCUT2D eigenvalue weighted by molar-refractivity contribution is 8.00. The Morgan fingerprint density at radius 2 is 1.90 bits per heavy atom. The van der Waals surface area contributed by atoms with Crippen LogP contribution in [0.4, 0.5) is 5.69 Å². The summed E-state index contributed by atoms with van der Waals surface area (Å²) in [5.74, 6) is -0.0574. The Morgan fingerprint density at radius 1 is 1.29 bits per heavy atom. The topological polar surface area (TPSA) is 72.7 Å². The van der Waals surface area contributed by atoms with E-state index < -0.39 is 0 Å². The zero-order chi connectivity index (χ0) is 15.6. The van der Waals surface area contributed by atoms with Gasteiger partial charge in [-0.25, -0.2) is 4.68 Å². The Kier molecular flexibility index (Phi) is 4.62. The maximum Gasteiger partial charge on any atom is 0.237 e. The summed E-state index contributed by atoms with van der Waals surface area (Å²) in [4.78, 5) is 12.3. The van der Waals surface area contributed by atoms with E-state index in [1.807, 2.05) is 27.7 Å². The molecular formula is C14H19N5OS. The quantitative estimate of drug-likeness (QED) is 0.877. The van der Waals surface area contributed by atoms with E-state index in [9.17, 15) is 4.79 Å². The largest absolute Gasteiger partial charge is 0.325 e. The molecule has 0 saturated carbocycles. The third kappa shape index (κ3) is 3.60. The fourth-order valence-corrected chi connectivity index (χ4v) is 2.89. The van der Waals surface area contributed by atoms with E-state index >= 15 is 0 Å². The van der Waals surface area contributed by atoms with Gasteiger partial charge in [-0.1, -0.05) is 29.5 Å². The van der Waals surface area contributed by atoms with Crippen LogP contribution in [0.15, 0.2) is 17.3 Å². The summed E-state index contributed by atoms with van der Waals surface area (Å²) in [5, 5.41) is 14.5. The van der Waals surface area contributed by atoms with Crippen molar-refractivity contribution >= 4 is 23.4 Å². The second kappa shape index (κ2) is 6.26. The molecule has 0 fully saturated rings. The molecule has 0 aliphatic heterocycles. The number of aryl methyl sites for hydroxylation is 4. The Hall–Kier alpha value is -1.89. The first kappa shape index (κ1) is 15.5. The molecule has 0 aliphatic carbocycles. The average Bonchev–Trinajstić information content (AvgIpc) is 2.79. The van der Waals surface area contributed by atoms with Crippen molar-refractivity contribution in [2.75, 3.05) is 5.32 Å². The lowest BCUT2D eigenvalue weighted by Gasteiger charge is -2.15. The Balaban J connectivity index is 2.09. The van der Waals surface area contributed by atoms with Crippen molar-refractivity contribution in [2.45, 2.75) is 38.1 Å². The molecule has 1 N–H and O–H groups in total. The Morgan fingerprint density at radius 3 is 2.43 bits per heavy atom. The lowest BCUT2D eigenvalue weighted by Crippen LogP contribution is -2.23. The first-order chi connectivity index (χ1) is 9.88. The molecule has 1 heterocycles. The van der Waals surface area contributed by atoms with E-state index in [0.29, 0.717) is 5.16 Å². The number of hydrogen-bond donors (Lipinski definition) is 1. The van der Waals surface area contributed by atoms with Crippen molar-refractivity contribution in [3.05, 3.63) is 28.8 Å². The third-order valence-corrected chi connectivity index (χ3v) is 4.28. The molecule has 6 nitrogen and oxygen atoms in total. The number of carbonyl (C=O) groups is 1. The van der Waals surface area contributed by atoms with Crippen LogP contribution in [-0.4, -0.2) is 31.4 Å². The minimum Gasteiger partial charge on any atom is -0.325 e. The molecule has 0 radical (unpaired) electrons. The van der Waals surface area contributed by atoms with Gasteiger partial charge in [0.2, 0.25) is 11.1 Å². The van der Waals surface area contributed by atoms with E-state index in [-0.39, 0.29) is 11.2 Å². The van der Waals surface area contributed by atoms with Crippen LogP contribution in [0.5, 0.6) is 0 Å². The molecule has 112 valence electrons. The maximum atomic E-state index is 12.3. The Labute approximate surface area is 128 Å². The van der Waals surface area contributed by atoms with Crippen molar-refractivity contribution in [3.63, 3.8) is 0 Å². The van der Waals surface area contributed by atoms with Gasteiger partial charge in [-0.3, -0.25) is 4.79 Å². The monoisotopic (exact) mass is 305 g/mol. The Bertz CT molecular complexity index is 644. The molecule has 2 rings (SSSR count). The van der Waals surface area contributed by atoms with Crippen molar-refractivity contribution in [1.29, 1.82) is 0 Å². The van der Waals surface area contributed by atoms with E-state index in [0.717, 1.165) is 16.8 Å². The number of amides is 1. The van der Waals surface area contributed by atoms with E-state index in [4.69, 9.17) is 0 Å². The number of tetrazole rings is 1. The van der Waals surface area contributed by atoms with Crippen molar-refractivity contribution in [1.82, 2.24) is 20.2 Å². The highest BCUT2D eigenvalue weighted by Gasteiger charge is 2.19. The fraction of sp³-hybridized carbons (Fsp3) is 0.429. The summed E-state index contributed by atoms with van der Waals surface area (Å²) < 4.78 is 1.55. The van der Waals surface area contributed by atoms with Crippen molar-refractivity contribution in [3.8, 4) is 0 Å². The summed E-state index contributed by atoms with van der Waals surface area (Å²) in [6.45, 7) is 7.89. The van der Waals surface area contributed by atoms with Crippen LogP contribution in [0.1, 0.15) is 23.6 Å². The molecule has 1 unspecified atom stereocenters. The minimum absolute atomic E-state index is 0.0574. The minimum atomic E-state index is -0.283.